The lowest BCUT2D eigenvalue weighted by Gasteiger charge is -2.29. The quantitative estimate of drug-likeness (QED) is 0.902. The summed E-state index contributed by atoms with van der Waals surface area (Å²) in [5.41, 5.74) is 1.27. The lowest BCUT2D eigenvalue weighted by atomic mass is 9.92. The number of rotatable bonds is 5. The molecule has 1 N–H and O–H groups in total. The highest BCUT2D eigenvalue weighted by Crippen LogP contribution is 2.24. The van der Waals surface area contributed by atoms with Gasteiger partial charge in [-0.05, 0) is 48.1 Å². The Hall–Kier alpha value is -2.46. The maximum Gasteiger partial charge on any atom is 0.251 e. The maximum atomic E-state index is 12.0. The summed E-state index contributed by atoms with van der Waals surface area (Å²) in [5.74, 6) is 0.364. The van der Waals surface area contributed by atoms with E-state index in [1.165, 1.54) is 12.4 Å². The van der Waals surface area contributed by atoms with Crippen LogP contribution in [0.3, 0.4) is 0 Å². The van der Waals surface area contributed by atoms with Gasteiger partial charge in [-0.25, -0.2) is 9.97 Å². The average molecular weight is 342 g/mol. The van der Waals surface area contributed by atoms with Crippen LogP contribution in [-0.2, 0) is 11.2 Å². The minimum atomic E-state index is 0.0128. The molecule has 0 saturated heterocycles. The first-order valence-electron chi connectivity index (χ1n) is 7.93. The van der Waals surface area contributed by atoms with Crippen molar-refractivity contribution in [3.8, 4) is 11.9 Å². The molecule has 1 amide bonds. The van der Waals surface area contributed by atoms with E-state index in [1.807, 2.05) is 22.9 Å². The number of aromatic nitrogens is 2. The number of nitriles is 1. The first kappa shape index (κ1) is 16.4. The van der Waals surface area contributed by atoms with E-state index in [-0.39, 0.29) is 23.7 Å². The Bertz CT molecular complexity index is 718. The van der Waals surface area contributed by atoms with Gasteiger partial charge in [0, 0.05) is 18.4 Å². The normalized spacial score (nSPS) is 20.1. The third-order valence-corrected chi connectivity index (χ3v) is 4.77. The van der Waals surface area contributed by atoms with Crippen molar-refractivity contribution in [3.63, 3.8) is 0 Å². The van der Waals surface area contributed by atoms with Gasteiger partial charge in [0.1, 0.15) is 12.2 Å². The van der Waals surface area contributed by atoms with Gasteiger partial charge in [0.2, 0.25) is 11.6 Å². The van der Waals surface area contributed by atoms with Gasteiger partial charge in [0.15, 0.2) is 0 Å². The number of ether oxygens (including phenoxy) is 1. The average Bonchev–Trinajstić information content (AvgIpc) is 3.10. The van der Waals surface area contributed by atoms with Crippen molar-refractivity contribution in [3.05, 3.63) is 40.5 Å². The van der Waals surface area contributed by atoms with Crippen LogP contribution in [0.25, 0.3) is 0 Å². The van der Waals surface area contributed by atoms with Crippen molar-refractivity contribution < 1.29 is 9.53 Å². The lowest BCUT2D eigenvalue weighted by Crippen LogP contribution is -2.40. The van der Waals surface area contributed by atoms with Crippen LogP contribution in [0.1, 0.15) is 36.9 Å². The van der Waals surface area contributed by atoms with Crippen LogP contribution < -0.4 is 10.1 Å². The first-order chi connectivity index (χ1) is 11.7. The predicted molar refractivity (Wildman–Crippen MR) is 89.6 cm³/mol. The highest BCUT2D eigenvalue weighted by molar-refractivity contribution is 7.07. The number of hydrogen-bond acceptors (Lipinski definition) is 6. The Balaban J connectivity index is 1.46. The van der Waals surface area contributed by atoms with Crippen LogP contribution in [0.2, 0.25) is 0 Å². The fraction of sp³-hybridized carbons (Fsp3) is 0.412. The van der Waals surface area contributed by atoms with E-state index >= 15 is 0 Å². The molecule has 0 atom stereocenters. The van der Waals surface area contributed by atoms with E-state index in [9.17, 15) is 4.79 Å². The zero-order chi connectivity index (χ0) is 16.8. The zero-order valence-corrected chi connectivity index (χ0v) is 14.0. The molecule has 7 heteroatoms. The van der Waals surface area contributed by atoms with Crippen LogP contribution in [-0.4, -0.2) is 28.0 Å². The smallest absolute Gasteiger partial charge is 0.251 e. The van der Waals surface area contributed by atoms with Crippen molar-refractivity contribution in [2.45, 2.75) is 44.2 Å². The second-order valence-corrected chi connectivity index (χ2v) is 6.57. The molecule has 2 aromatic heterocycles. The Morgan fingerprint density at radius 2 is 2.12 bits per heavy atom. The fourth-order valence-corrected chi connectivity index (χ4v) is 3.50. The fourth-order valence-electron chi connectivity index (χ4n) is 2.83. The summed E-state index contributed by atoms with van der Waals surface area (Å²) < 4.78 is 5.81. The largest absolute Gasteiger partial charge is 0.472 e. The van der Waals surface area contributed by atoms with Gasteiger partial charge < -0.3 is 10.1 Å². The standard InChI is InChI=1S/C17H18N4O2S/c18-10-15-17(20-7-6-19-15)23-14-3-1-13(2-4-14)21-16(22)9-12-5-8-24-11-12/h5-8,11,13-14H,1-4,9H2,(H,21,22). The molecule has 6 nitrogen and oxygen atoms in total. The van der Waals surface area contributed by atoms with Crippen LogP contribution in [0.4, 0.5) is 0 Å². The molecule has 2 aromatic rings. The van der Waals surface area contributed by atoms with Crippen LogP contribution in [0.15, 0.2) is 29.2 Å². The van der Waals surface area contributed by atoms with E-state index in [0.717, 1.165) is 31.2 Å². The van der Waals surface area contributed by atoms with Crippen molar-refractivity contribution in [1.82, 2.24) is 15.3 Å². The number of thiophene rings is 1. The Kier molecular flexibility index (Phi) is 5.39. The van der Waals surface area contributed by atoms with Gasteiger partial charge in [-0.15, -0.1) is 0 Å². The molecule has 0 aromatic carbocycles. The molecule has 24 heavy (non-hydrogen) atoms. The molecular weight excluding hydrogens is 324 g/mol. The van der Waals surface area contributed by atoms with Crippen molar-refractivity contribution >= 4 is 17.2 Å². The van der Waals surface area contributed by atoms with E-state index < -0.39 is 0 Å². The molecule has 0 radical (unpaired) electrons. The van der Waals surface area contributed by atoms with E-state index in [2.05, 4.69) is 15.3 Å². The summed E-state index contributed by atoms with van der Waals surface area (Å²) in [6, 6.07) is 4.15. The predicted octanol–water partition coefficient (Wildman–Crippen LogP) is 2.46. The zero-order valence-electron chi connectivity index (χ0n) is 13.1. The molecule has 0 aliphatic heterocycles. The van der Waals surface area contributed by atoms with Gasteiger partial charge in [-0.2, -0.15) is 16.6 Å². The highest BCUT2D eigenvalue weighted by atomic mass is 32.1. The summed E-state index contributed by atoms with van der Waals surface area (Å²) >= 11 is 1.60. The second-order valence-electron chi connectivity index (χ2n) is 5.79. The van der Waals surface area contributed by atoms with Gasteiger partial charge in [-0.1, -0.05) is 0 Å². The third kappa shape index (κ3) is 4.30. The maximum absolute atomic E-state index is 12.0. The molecule has 124 valence electrons. The number of carbonyl (C=O) groups excluding carboxylic acids is 1. The number of hydrogen-bond donors (Lipinski definition) is 1. The van der Waals surface area contributed by atoms with Crippen molar-refractivity contribution in [1.29, 1.82) is 5.26 Å². The molecule has 1 aliphatic carbocycles. The third-order valence-electron chi connectivity index (χ3n) is 4.03. The highest BCUT2D eigenvalue weighted by Gasteiger charge is 2.24. The molecule has 2 heterocycles. The number of nitrogens with zero attached hydrogens (tertiary/aromatic N) is 3. The summed E-state index contributed by atoms with van der Waals surface area (Å²) in [7, 11) is 0. The molecule has 3 rings (SSSR count). The summed E-state index contributed by atoms with van der Waals surface area (Å²) in [6.07, 6.45) is 6.82. The number of amides is 1. The van der Waals surface area contributed by atoms with E-state index in [4.69, 9.17) is 10.00 Å². The van der Waals surface area contributed by atoms with Crippen LogP contribution in [0, 0.1) is 11.3 Å². The SMILES string of the molecule is N#Cc1nccnc1OC1CCC(NC(=O)Cc2ccsc2)CC1. The van der Waals surface area contributed by atoms with Gasteiger partial charge in [0.05, 0.1) is 6.42 Å². The van der Waals surface area contributed by atoms with Crippen molar-refractivity contribution in [2.24, 2.45) is 0 Å². The topological polar surface area (TPSA) is 87.9 Å². The van der Waals surface area contributed by atoms with Gasteiger partial charge in [-0.3, -0.25) is 4.79 Å². The Morgan fingerprint density at radius 3 is 2.83 bits per heavy atom. The molecule has 1 saturated carbocycles. The van der Waals surface area contributed by atoms with E-state index in [1.54, 1.807) is 11.3 Å². The summed E-state index contributed by atoms with van der Waals surface area (Å²) in [6.45, 7) is 0. The van der Waals surface area contributed by atoms with Crippen LogP contribution in [0.5, 0.6) is 5.88 Å². The molecular formula is C17H18N4O2S. The number of nitrogens with one attached hydrogen (secondary N) is 1. The van der Waals surface area contributed by atoms with Gasteiger partial charge in [0.25, 0.3) is 5.88 Å². The lowest BCUT2D eigenvalue weighted by molar-refractivity contribution is -0.121. The monoisotopic (exact) mass is 342 g/mol. The molecule has 0 spiro atoms. The minimum Gasteiger partial charge on any atom is -0.472 e. The molecule has 0 unspecified atom stereocenters. The van der Waals surface area contributed by atoms with Crippen LogP contribution >= 0.6 is 11.3 Å². The first-order valence-corrected chi connectivity index (χ1v) is 8.87. The van der Waals surface area contributed by atoms with E-state index in [0.29, 0.717) is 12.3 Å². The molecule has 0 bridgehead atoms. The van der Waals surface area contributed by atoms with Crippen molar-refractivity contribution in [2.75, 3.05) is 0 Å². The summed E-state index contributed by atoms with van der Waals surface area (Å²) in [4.78, 5) is 20.1. The minimum absolute atomic E-state index is 0.0128. The second kappa shape index (κ2) is 7.88. The summed E-state index contributed by atoms with van der Waals surface area (Å²) in [5, 5.41) is 16.1. The molecule has 1 fully saturated rings. The number of carbonyl (C=O) groups is 1. The molecule has 1 aliphatic rings. The van der Waals surface area contributed by atoms with Gasteiger partial charge >= 0.3 is 0 Å². The Morgan fingerprint density at radius 1 is 1.33 bits per heavy atom. The Labute approximate surface area is 144 Å².